The first kappa shape index (κ1) is 17.7. The number of carbonyl (C=O) groups is 1. The molecular formula is C20H19Br2N3O. The van der Waals surface area contributed by atoms with Gasteiger partial charge in [0.1, 0.15) is 0 Å². The number of rotatable bonds is 3. The van der Waals surface area contributed by atoms with Crippen LogP contribution in [-0.2, 0) is 4.79 Å². The van der Waals surface area contributed by atoms with Gasteiger partial charge in [-0.15, -0.1) is 0 Å². The summed E-state index contributed by atoms with van der Waals surface area (Å²) in [4.78, 5) is 17.2. The summed E-state index contributed by atoms with van der Waals surface area (Å²) in [7, 11) is 0. The van der Waals surface area contributed by atoms with Crippen LogP contribution in [0.15, 0.2) is 51.7 Å². The van der Waals surface area contributed by atoms with E-state index in [4.69, 9.17) is 4.98 Å². The number of imidazole rings is 1. The minimum atomic E-state index is 0.142. The standard InChI is InChI=1S/C20H19Br2N3O/c21-15-10-17(22)19-24-18(12-25(19)11-15)14-7-4-8-16(9-14)23-20(26)13-5-2-1-3-6-13/h4,7-13H,1-3,5-6H2,(H,23,26). The van der Waals surface area contributed by atoms with Gasteiger partial charge >= 0.3 is 0 Å². The largest absolute Gasteiger partial charge is 0.326 e. The fourth-order valence-electron chi connectivity index (χ4n) is 3.53. The van der Waals surface area contributed by atoms with Crippen LogP contribution in [0.3, 0.4) is 0 Å². The van der Waals surface area contributed by atoms with Crippen molar-refractivity contribution in [2.75, 3.05) is 5.32 Å². The van der Waals surface area contributed by atoms with Gasteiger partial charge in [0.15, 0.2) is 5.65 Å². The molecule has 1 aliphatic carbocycles. The summed E-state index contributed by atoms with van der Waals surface area (Å²) in [5.74, 6) is 0.291. The maximum absolute atomic E-state index is 12.5. The predicted molar refractivity (Wildman–Crippen MR) is 111 cm³/mol. The lowest BCUT2D eigenvalue weighted by Crippen LogP contribution is -2.24. The summed E-state index contributed by atoms with van der Waals surface area (Å²) in [5.41, 5.74) is 3.55. The maximum Gasteiger partial charge on any atom is 0.227 e. The second-order valence-corrected chi connectivity index (χ2v) is 8.54. The molecule has 2 aromatic heterocycles. The Morgan fingerprint density at radius 2 is 1.92 bits per heavy atom. The van der Waals surface area contributed by atoms with Crippen LogP contribution in [0.4, 0.5) is 5.69 Å². The van der Waals surface area contributed by atoms with E-state index in [1.807, 2.05) is 47.1 Å². The molecular weight excluding hydrogens is 458 g/mol. The molecule has 0 unspecified atom stereocenters. The van der Waals surface area contributed by atoms with Crippen molar-refractivity contribution < 1.29 is 4.79 Å². The number of fused-ring (bicyclic) bond motifs is 1. The van der Waals surface area contributed by atoms with Crippen LogP contribution in [0.1, 0.15) is 32.1 Å². The fraction of sp³-hybridized carbons (Fsp3) is 0.300. The van der Waals surface area contributed by atoms with Crippen molar-refractivity contribution >= 4 is 49.1 Å². The highest BCUT2D eigenvalue weighted by atomic mass is 79.9. The number of aromatic nitrogens is 2. The third-order valence-corrected chi connectivity index (χ3v) is 5.89. The van der Waals surface area contributed by atoms with Crippen LogP contribution in [0, 0.1) is 5.92 Å². The monoisotopic (exact) mass is 475 g/mol. The first-order valence-electron chi connectivity index (χ1n) is 8.85. The lowest BCUT2D eigenvalue weighted by Gasteiger charge is -2.20. The molecule has 4 nitrogen and oxygen atoms in total. The van der Waals surface area contributed by atoms with Gasteiger partial charge in [-0.1, -0.05) is 31.4 Å². The van der Waals surface area contributed by atoms with E-state index in [9.17, 15) is 4.79 Å². The van der Waals surface area contributed by atoms with Crippen molar-refractivity contribution in [3.05, 3.63) is 51.7 Å². The molecule has 4 rings (SSSR count). The summed E-state index contributed by atoms with van der Waals surface area (Å²) < 4.78 is 3.89. The molecule has 0 bridgehead atoms. The highest BCUT2D eigenvalue weighted by Crippen LogP contribution is 2.29. The highest BCUT2D eigenvalue weighted by molar-refractivity contribution is 9.11. The molecule has 0 aliphatic heterocycles. The first-order valence-corrected chi connectivity index (χ1v) is 10.4. The Kier molecular flexibility index (Phi) is 5.14. The van der Waals surface area contributed by atoms with E-state index >= 15 is 0 Å². The van der Waals surface area contributed by atoms with Crippen molar-refractivity contribution in [1.82, 2.24) is 9.38 Å². The fourth-order valence-corrected chi connectivity index (χ4v) is 4.83. The van der Waals surface area contributed by atoms with Crippen LogP contribution < -0.4 is 5.32 Å². The van der Waals surface area contributed by atoms with Crippen molar-refractivity contribution in [1.29, 1.82) is 0 Å². The molecule has 0 spiro atoms. The van der Waals surface area contributed by atoms with E-state index in [0.717, 1.165) is 57.2 Å². The van der Waals surface area contributed by atoms with E-state index in [1.54, 1.807) is 0 Å². The minimum absolute atomic E-state index is 0.142. The number of hydrogen-bond donors (Lipinski definition) is 1. The molecule has 0 saturated heterocycles. The lowest BCUT2D eigenvalue weighted by atomic mass is 9.88. The molecule has 134 valence electrons. The van der Waals surface area contributed by atoms with Crippen molar-refractivity contribution in [2.45, 2.75) is 32.1 Å². The third kappa shape index (κ3) is 3.71. The van der Waals surface area contributed by atoms with Gasteiger partial charge in [0.2, 0.25) is 5.91 Å². The van der Waals surface area contributed by atoms with Gasteiger partial charge in [-0.2, -0.15) is 0 Å². The quantitative estimate of drug-likeness (QED) is 0.500. The van der Waals surface area contributed by atoms with Gasteiger partial charge in [0, 0.05) is 34.0 Å². The Morgan fingerprint density at radius 1 is 1.12 bits per heavy atom. The van der Waals surface area contributed by atoms with E-state index in [0.29, 0.717) is 0 Å². The first-order chi connectivity index (χ1) is 12.6. The van der Waals surface area contributed by atoms with Gasteiger partial charge in [0.25, 0.3) is 0 Å². The molecule has 1 aromatic carbocycles. The molecule has 0 radical (unpaired) electrons. The summed E-state index contributed by atoms with van der Waals surface area (Å²) in [5, 5.41) is 3.09. The Hall–Kier alpha value is -1.66. The summed E-state index contributed by atoms with van der Waals surface area (Å²) >= 11 is 7.05. The van der Waals surface area contributed by atoms with Crippen molar-refractivity contribution in [3.8, 4) is 11.3 Å². The van der Waals surface area contributed by atoms with Gasteiger partial charge < -0.3 is 9.72 Å². The molecule has 1 aliphatic rings. The molecule has 1 fully saturated rings. The topological polar surface area (TPSA) is 46.4 Å². The zero-order chi connectivity index (χ0) is 18.1. The average molecular weight is 477 g/mol. The number of hydrogen-bond acceptors (Lipinski definition) is 2. The second-order valence-electron chi connectivity index (χ2n) is 6.77. The predicted octanol–water partition coefficient (Wildman–Crippen LogP) is 6.05. The SMILES string of the molecule is O=C(Nc1cccc(-c2cn3cc(Br)cc(Br)c3n2)c1)C1CCCCC1. The number of carbonyl (C=O) groups excluding carboxylic acids is 1. The molecule has 1 N–H and O–H groups in total. The maximum atomic E-state index is 12.5. The number of nitrogens with one attached hydrogen (secondary N) is 1. The summed E-state index contributed by atoms with van der Waals surface area (Å²) in [6.07, 6.45) is 9.53. The highest BCUT2D eigenvalue weighted by Gasteiger charge is 2.21. The van der Waals surface area contributed by atoms with Crippen LogP contribution in [0.25, 0.3) is 16.9 Å². The Bertz CT molecular complexity index is 961. The Balaban J connectivity index is 1.59. The van der Waals surface area contributed by atoms with E-state index < -0.39 is 0 Å². The second kappa shape index (κ2) is 7.53. The number of pyridine rings is 1. The van der Waals surface area contributed by atoms with Crippen molar-refractivity contribution in [3.63, 3.8) is 0 Å². The smallest absolute Gasteiger partial charge is 0.227 e. The zero-order valence-electron chi connectivity index (χ0n) is 14.2. The van der Waals surface area contributed by atoms with E-state index in [-0.39, 0.29) is 11.8 Å². The Labute approximate surface area is 169 Å². The molecule has 3 aromatic rings. The number of amides is 1. The van der Waals surface area contributed by atoms with Gasteiger partial charge in [-0.05, 0) is 62.9 Å². The van der Waals surface area contributed by atoms with Crippen LogP contribution >= 0.6 is 31.9 Å². The normalized spacial score (nSPS) is 15.3. The van der Waals surface area contributed by atoms with Gasteiger partial charge in [-0.25, -0.2) is 4.98 Å². The summed E-state index contributed by atoms with van der Waals surface area (Å²) in [6.45, 7) is 0. The summed E-state index contributed by atoms with van der Waals surface area (Å²) in [6, 6.07) is 9.88. The van der Waals surface area contributed by atoms with Crippen molar-refractivity contribution in [2.24, 2.45) is 5.92 Å². The minimum Gasteiger partial charge on any atom is -0.326 e. The number of anilines is 1. The van der Waals surface area contributed by atoms with E-state index in [2.05, 4.69) is 37.2 Å². The number of nitrogens with zero attached hydrogens (tertiary/aromatic N) is 2. The average Bonchev–Trinajstić information content (AvgIpc) is 3.07. The molecule has 6 heteroatoms. The van der Waals surface area contributed by atoms with Crippen LogP contribution in [-0.4, -0.2) is 15.3 Å². The molecule has 26 heavy (non-hydrogen) atoms. The Morgan fingerprint density at radius 3 is 2.73 bits per heavy atom. The van der Waals surface area contributed by atoms with Crippen LogP contribution in [0.2, 0.25) is 0 Å². The lowest BCUT2D eigenvalue weighted by molar-refractivity contribution is -0.120. The number of benzene rings is 1. The zero-order valence-corrected chi connectivity index (χ0v) is 17.4. The van der Waals surface area contributed by atoms with Gasteiger partial charge in [-0.3, -0.25) is 4.79 Å². The molecule has 1 saturated carbocycles. The number of halogens is 2. The molecule has 2 heterocycles. The molecule has 0 atom stereocenters. The van der Waals surface area contributed by atoms with E-state index in [1.165, 1.54) is 6.42 Å². The van der Waals surface area contributed by atoms with Gasteiger partial charge in [0.05, 0.1) is 10.2 Å². The third-order valence-electron chi connectivity index (χ3n) is 4.87. The molecule has 1 amide bonds. The van der Waals surface area contributed by atoms with Crippen LogP contribution in [0.5, 0.6) is 0 Å².